The van der Waals surface area contributed by atoms with Crippen molar-refractivity contribution in [3.8, 4) is 5.75 Å². The van der Waals surface area contributed by atoms with E-state index in [1.54, 1.807) is 16.4 Å². The fourth-order valence-corrected chi connectivity index (χ4v) is 8.89. The van der Waals surface area contributed by atoms with Crippen LogP contribution in [0.25, 0.3) is 11.4 Å². The first-order valence-corrected chi connectivity index (χ1v) is 17.4. The van der Waals surface area contributed by atoms with Gasteiger partial charge in [-0.15, -0.1) is 5.10 Å². The number of amides is 2. The SMILES string of the molecule is Cc1ncnc(C(=O)N2CCC3(c4c(n(CC(=O)Nc5ccc(C(F)(F)F)cc5Cl)c5nc(C6=CCOCC6)nn5c4=O)[C@H](C)C3C)C3CC32)c1O. The molecule has 17 heteroatoms. The maximum atomic E-state index is 14.7. The highest BCUT2D eigenvalue weighted by molar-refractivity contribution is 6.33. The average molecular weight is 739 g/mol. The topological polar surface area (TPSA) is 157 Å². The number of alkyl halides is 3. The Morgan fingerprint density at radius 2 is 2.00 bits per heavy atom. The number of aromatic hydroxyl groups is 1. The summed E-state index contributed by atoms with van der Waals surface area (Å²) in [6.07, 6.45) is 0.0967. The first-order valence-electron chi connectivity index (χ1n) is 17.0. The Bertz CT molecular complexity index is 2270. The molecule has 2 amide bonds. The molecule has 0 bridgehead atoms. The summed E-state index contributed by atoms with van der Waals surface area (Å²) in [6, 6.07) is 2.49. The van der Waals surface area contributed by atoms with Gasteiger partial charge in [-0.05, 0) is 61.8 Å². The third-order valence-electron chi connectivity index (χ3n) is 11.4. The molecule has 2 aliphatic heterocycles. The molecule has 13 nitrogen and oxygen atoms in total. The molecule has 1 aromatic carbocycles. The van der Waals surface area contributed by atoms with Gasteiger partial charge in [0, 0.05) is 35.2 Å². The molecule has 5 atom stereocenters. The fraction of sp³-hybridized carbons (Fsp3) is 0.457. The minimum absolute atomic E-state index is 0.00330. The lowest BCUT2D eigenvalue weighted by Crippen LogP contribution is -2.50. The summed E-state index contributed by atoms with van der Waals surface area (Å²) in [4.78, 5) is 56.6. The molecule has 5 heterocycles. The van der Waals surface area contributed by atoms with Gasteiger partial charge >= 0.3 is 6.18 Å². The summed E-state index contributed by atoms with van der Waals surface area (Å²) in [5.74, 6) is -1.16. The van der Waals surface area contributed by atoms with E-state index in [0.29, 0.717) is 61.8 Å². The van der Waals surface area contributed by atoms with Gasteiger partial charge in [-0.2, -0.15) is 22.7 Å². The number of carbonyl (C=O) groups is 2. The molecule has 1 spiro atoms. The van der Waals surface area contributed by atoms with Gasteiger partial charge in [0.15, 0.2) is 17.3 Å². The third kappa shape index (κ3) is 5.20. The molecule has 8 rings (SSSR count). The zero-order valence-electron chi connectivity index (χ0n) is 28.4. The average Bonchev–Trinajstić information content (AvgIpc) is 3.74. The van der Waals surface area contributed by atoms with Crippen LogP contribution in [-0.4, -0.2) is 76.8 Å². The number of ether oxygens (including phenoxy) is 1. The largest absolute Gasteiger partial charge is 0.504 e. The number of likely N-dealkylation sites (tertiary alicyclic amines) is 1. The maximum absolute atomic E-state index is 14.7. The van der Waals surface area contributed by atoms with Crippen molar-refractivity contribution in [2.24, 2.45) is 11.8 Å². The number of anilines is 1. The summed E-state index contributed by atoms with van der Waals surface area (Å²) < 4.78 is 48.2. The molecule has 0 radical (unpaired) electrons. The van der Waals surface area contributed by atoms with Crippen LogP contribution in [-0.2, 0) is 27.7 Å². The van der Waals surface area contributed by atoms with Crippen LogP contribution in [0, 0.1) is 18.8 Å². The standard InChI is InChI=1S/C35H34ClF3N8O5/c1-16-17(2)34(8-9-45(24-13-21(24)34)32(51)27-29(49)18(3)40-15-41-27)26-28(16)46(14-25(48)42-23-5-4-20(12-22(23)36)35(37,38)39)33-43-30(44-47(33)31(26)50)19-6-10-52-11-7-19/h4-6,12,15-17,21,24,49H,7-11,13-14H2,1-3H3,(H,42,48)/t16-,17?,21?,24?,34?/m1/s1. The first kappa shape index (κ1) is 34.3. The molecule has 52 heavy (non-hydrogen) atoms. The van der Waals surface area contributed by atoms with Crippen molar-refractivity contribution in [3.63, 3.8) is 0 Å². The molecule has 3 aromatic heterocycles. The predicted octanol–water partition coefficient (Wildman–Crippen LogP) is 4.74. The van der Waals surface area contributed by atoms with E-state index in [1.807, 2.05) is 13.0 Å². The van der Waals surface area contributed by atoms with Crippen LogP contribution < -0.4 is 10.9 Å². The van der Waals surface area contributed by atoms with Gasteiger partial charge in [0.25, 0.3) is 11.5 Å². The molecule has 2 fully saturated rings. The summed E-state index contributed by atoms with van der Waals surface area (Å²) in [6.45, 7) is 6.48. The van der Waals surface area contributed by atoms with Crippen LogP contribution in [0.3, 0.4) is 0 Å². The normalized spacial score (nSPS) is 25.2. The molecular formula is C35H34ClF3N8O5. The minimum Gasteiger partial charge on any atom is -0.504 e. The van der Waals surface area contributed by atoms with Crippen LogP contribution in [0.5, 0.6) is 5.75 Å². The van der Waals surface area contributed by atoms with E-state index in [2.05, 4.69) is 27.3 Å². The van der Waals surface area contributed by atoms with Crippen molar-refractivity contribution in [2.75, 3.05) is 25.1 Å². The Labute approximate surface area is 299 Å². The molecule has 272 valence electrons. The number of aromatic nitrogens is 6. The van der Waals surface area contributed by atoms with Gasteiger partial charge in [-0.25, -0.2) is 9.97 Å². The summed E-state index contributed by atoms with van der Waals surface area (Å²) in [7, 11) is 0. The van der Waals surface area contributed by atoms with Crippen molar-refractivity contribution < 1.29 is 32.6 Å². The van der Waals surface area contributed by atoms with E-state index in [4.69, 9.17) is 21.3 Å². The maximum Gasteiger partial charge on any atom is 0.416 e. The molecule has 1 saturated carbocycles. The highest BCUT2D eigenvalue weighted by atomic mass is 35.5. The van der Waals surface area contributed by atoms with E-state index >= 15 is 0 Å². The lowest BCUT2D eigenvalue weighted by molar-refractivity contribution is -0.137. The summed E-state index contributed by atoms with van der Waals surface area (Å²) >= 11 is 6.18. The highest BCUT2D eigenvalue weighted by Crippen LogP contribution is 2.64. The van der Waals surface area contributed by atoms with Crippen LogP contribution in [0.4, 0.5) is 18.9 Å². The minimum atomic E-state index is -4.61. The number of hydrogen-bond donors (Lipinski definition) is 2. The molecule has 4 aromatic rings. The number of hydrogen-bond acceptors (Lipinski definition) is 9. The van der Waals surface area contributed by atoms with Crippen molar-refractivity contribution in [2.45, 2.75) is 70.1 Å². The number of nitrogens with one attached hydrogen (secondary N) is 1. The summed E-state index contributed by atoms with van der Waals surface area (Å²) in [5, 5.41) is 17.6. The molecule has 4 aliphatic rings. The van der Waals surface area contributed by atoms with Crippen molar-refractivity contribution in [3.05, 3.63) is 80.0 Å². The first-order chi connectivity index (χ1) is 24.7. The van der Waals surface area contributed by atoms with Gasteiger partial charge in [0.1, 0.15) is 12.9 Å². The van der Waals surface area contributed by atoms with E-state index in [1.165, 1.54) is 10.8 Å². The smallest absolute Gasteiger partial charge is 0.416 e. The van der Waals surface area contributed by atoms with Crippen molar-refractivity contribution >= 4 is 40.5 Å². The Hall–Kier alpha value is -4.83. The lowest BCUT2D eigenvalue weighted by atomic mass is 9.66. The van der Waals surface area contributed by atoms with Crippen LogP contribution in [0.2, 0.25) is 5.02 Å². The van der Waals surface area contributed by atoms with Gasteiger partial charge in [-0.3, -0.25) is 14.4 Å². The van der Waals surface area contributed by atoms with Crippen LogP contribution in [0.1, 0.15) is 77.9 Å². The molecule has 1 saturated heterocycles. The van der Waals surface area contributed by atoms with Crippen LogP contribution in [0.15, 0.2) is 35.4 Å². The number of rotatable bonds is 5. The van der Waals surface area contributed by atoms with Gasteiger partial charge < -0.3 is 24.6 Å². The van der Waals surface area contributed by atoms with E-state index in [-0.39, 0.29) is 63.8 Å². The Morgan fingerprint density at radius 1 is 1.21 bits per heavy atom. The Morgan fingerprint density at radius 3 is 2.71 bits per heavy atom. The second kappa shape index (κ2) is 12.1. The van der Waals surface area contributed by atoms with E-state index in [0.717, 1.165) is 23.8 Å². The Kier molecular flexibility index (Phi) is 7.99. The quantitative estimate of drug-likeness (QED) is 0.295. The van der Waals surface area contributed by atoms with Crippen molar-refractivity contribution in [1.82, 2.24) is 34.0 Å². The number of aryl methyl sites for hydroxylation is 1. The van der Waals surface area contributed by atoms with Gasteiger partial charge in [0.2, 0.25) is 11.7 Å². The molecule has 2 aliphatic carbocycles. The fourth-order valence-electron chi connectivity index (χ4n) is 8.67. The number of piperidine rings is 1. The second-order valence-corrected chi connectivity index (χ2v) is 14.4. The third-order valence-corrected chi connectivity index (χ3v) is 11.7. The second-order valence-electron chi connectivity index (χ2n) is 14.0. The van der Waals surface area contributed by atoms with Gasteiger partial charge in [-0.1, -0.05) is 31.5 Å². The summed E-state index contributed by atoms with van der Waals surface area (Å²) in [5.41, 5.74) is 0.239. The van der Waals surface area contributed by atoms with Crippen LogP contribution >= 0.6 is 11.6 Å². The zero-order chi connectivity index (χ0) is 36.9. The Balaban J connectivity index is 1.21. The van der Waals surface area contributed by atoms with Crippen molar-refractivity contribution in [1.29, 1.82) is 0 Å². The molecular weight excluding hydrogens is 705 g/mol. The number of carbonyl (C=O) groups excluding carboxylic acids is 2. The number of halogens is 4. The number of benzene rings is 1. The monoisotopic (exact) mass is 738 g/mol. The van der Waals surface area contributed by atoms with Gasteiger partial charge in [0.05, 0.1) is 35.2 Å². The van der Waals surface area contributed by atoms with E-state index < -0.39 is 29.0 Å². The molecule has 4 unspecified atom stereocenters. The lowest BCUT2D eigenvalue weighted by Gasteiger charge is -2.42. The number of fused-ring (bicyclic) bond motifs is 5. The molecule has 2 N–H and O–H groups in total. The van der Waals surface area contributed by atoms with E-state index in [9.17, 15) is 32.7 Å². The predicted molar refractivity (Wildman–Crippen MR) is 181 cm³/mol. The highest BCUT2D eigenvalue weighted by Gasteiger charge is 2.67. The number of nitrogens with zero attached hydrogens (tertiary/aromatic N) is 7. The zero-order valence-corrected chi connectivity index (χ0v) is 29.1.